The van der Waals surface area contributed by atoms with Gasteiger partial charge in [-0.3, -0.25) is 14.4 Å². The molecular weight excluding hydrogens is 849 g/mol. The lowest BCUT2D eigenvalue weighted by Gasteiger charge is -2.37. The van der Waals surface area contributed by atoms with Crippen molar-refractivity contribution < 1.29 is 33.4 Å². The van der Waals surface area contributed by atoms with Gasteiger partial charge in [-0.1, -0.05) is 97.0 Å². The summed E-state index contributed by atoms with van der Waals surface area (Å²) in [6.45, 7) is 15.3. The number of nitrogens with one attached hydrogen (secondary N) is 4. The Bertz CT molecular complexity index is 2310. The van der Waals surface area contributed by atoms with Gasteiger partial charge in [-0.15, -0.1) is 0 Å². The van der Waals surface area contributed by atoms with E-state index in [0.29, 0.717) is 25.9 Å². The number of rotatable bonds is 13. The quantitative estimate of drug-likeness (QED) is 0.132. The van der Waals surface area contributed by atoms with Crippen LogP contribution in [0.5, 0.6) is 0 Å². The molecule has 3 saturated heterocycles. The molecular formula is C52H70N8O7. The normalized spacial score (nSPS) is 22.7. The van der Waals surface area contributed by atoms with Crippen molar-refractivity contribution in [3.05, 3.63) is 95.6 Å². The fourth-order valence-corrected chi connectivity index (χ4v) is 10.2. The minimum absolute atomic E-state index is 0.0190. The van der Waals surface area contributed by atoms with Crippen molar-refractivity contribution in [1.82, 2.24) is 35.7 Å². The zero-order chi connectivity index (χ0) is 48.2. The second-order valence-electron chi connectivity index (χ2n) is 20.2. The summed E-state index contributed by atoms with van der Waals surface area (Å²) in [6, 6.07) is 15.7. The van der Waals surface area contributed by atoms with Gasteiger partial charge in [0.05, 0.1) is 38.2 Å². The van der Waals surface area contributed by atoms with Crippen LogP contribution in [0.2, 0.25) is 0 Å². The van der Waals surface area contributed by atoms with Crippen LogP contribution in [0.25, 0.3) is 11.3 Å². The number of anilines is 1. The molecule has 2 aromatic carbocycles. The molecule has 0 radical (unpaired) electrons. The summed E-state index contributed by atoms with van der Waals surface area (Å²) >= 11 is 0. The third-order valence-corrected chi connectivity index (χ3v) is 14.0. The van der Waals surface area contributed by atoms with E-state index in [0.717, 1.165) is 54.9 Å². The number of imidazole rings is 1. The molecule has 3 aliphatic heterocycles. The van der Waals surface area contributed by atoms with E-state index in [1.807, 2.05) is 44.9 Å². The molecule has 1 aromatic heterocycles. The van der Waals surface area contributed by atoms with Gasteiger partial charge >= 0.3 is 12.2 Å². The predicted octanol–water partition coefficient (Wildman–Crippen LogP) is 8.08. The number of H-pyrrole nitrogens is 1. The van der Waals surface area contributed by atoms with Crippen molar-refractivity contribution >= 4 is 35.6 Å². The lowest BCUT2D eigenvalue weighted by Crippen LogP contribution is -2.55. The summed E-state index contributed by atoms with van der Waals surface area (Å²) in [5, 5.41) is 8.48. The van der Waals surface area contributed by atoms with Crippen LogP contribution in [0.15, 0.2) is 78.7 Å². The zero-order valence-corrected chi connectivity index (χ0v) is 40.6. The Hall–Kier alpha value is -6.12. The molecule has 1 unspecified atom stereocenters. The first-order valence-electron chi connectivity index (χ1n) is 24.0. The number of amides is 5. The monoisotopic (exact) mass is 919 g/mol. The van der Waals surface area contributed by atoms with Crippen LogP contribution in [0, 0.1) is 17.8 Å². The molecule has 7 atom stereocenters. The average molecular weight is 919 g/mol. The fraction of sp³-hybridized carbons (Fsp3) is 0.538. The first-order valence-corrected chi connectivity index (χ1v) is 24.0. The van der Waals surface area contributed by atoms with Gasteiger partial charge in [-0.05, 0) is 97.1 Å². The first kappa shape index (κ1) is 48.8. The number of aromatic nitrogens is 2. The molecule has 0 spiro atoms. The Labute approximate surface area is 395 Å². The van der Waals surface area contributed by atoms with E-state index in [9.17, 15) is 24.0 Å². The predicted molar refractivity (Wildman–Crippen MR) is 258 cm³/mol. The van der Waals surface area contributed by atoms with Crippen LogP contribution >= 0.6 is 0 Å². The van der Waals surface area contributed by atoms with Crippen LogP contribution in [0.4, 0.5) is 15.3 Å². The van der Waals surface area contributed by atoms with Gasteiger partial charge in [-0.2, -0.15) is 0 Å². The van der Waals surface area contributed by atoms with E-state index in [1.54, 1.807) is 4.90 Å². The van der Waals surface area contributed by atoms with Crippen LogP contribution in [-0.4, -0.2) is 101 Å². The molecule has 4 N–H and O–H groups in total. The lowest BCUT2D eigenvalue weighted by atomic mass is 9.86. The highest BCUT2D eigenvalue weighted by molar-refractivity contribution is 5.92. The number of benzene rings is 2. The van der Waals surface area contributed by atoms with Gasteiger partial charge in [-0.25, -0.2) is 14.6 Å². The van der Waals surface area contributed by atoms with Crippen molar-refractivity contribution in [1.29, 1.82) is 0 Å². The number of ether oxygens (including phenoxy) is 2. The number of likely N-dealkylation sites (tertiary alicyclic amines) is 2. The standard InChI is InChI=1S/C52H70N8O7/c1-31(2)44(56-50(64)66-8)48(62)58-28-10-12-42(58)46-53-30-39(55-46)33-14-16-34(17-15-33)40-26-27-41(60(40)38-24-20-36(21-25-38)52(5,6)7)35-18-22-37(23-19-35)54-47(61)43-13-11-29-59(43)49(63)45(32(3)4)57-51(65)67-9/h14-18,20-25,30-32,35,40-45H,10-13,19,26-29H2,1-9H3,(H,53,55)(H,54,61)(H,56,64)(H,57,65)/t35?,40-,41-,42+,43+,44+,45+/m1/s1. The van der Waals surface area contributed by atoms with E-state index in [4.69, 9.17) is 14.5 Å². The van der Waals surface area contributed by atoms with E-state index in [-0.39, 0.29) is 59.0 Å². The Balaban J connectivity index is 1.05. The fourth-order valence-electron chi connectivity index (χ4n) is 10.2. The molecule has 67 heavy (non-hydrogen) atoms. The van der Waals surface area contributed by atoms with Gasteiger partial charge < -0.3 is 45.1 Å². The number of aromatic amines is 1. The maximum absolute atomic E-state index is 13.7. The van der Waals surface area contributed by atoms with Crippen LogP contribution in [0.1, 0.15) is 122 Å². The highest BCUT2D eigenvalue weighted by atomic mass is 16.5. The number of hydrogen-bond acceptors (Lipinski definition) is 9. The van der Waals surface area contributed by atoms with Gasteiger partial charge in [0.2, 0.25) is 17.7 Å². The lowest BCUT2D eigenvalue weighted by molar-refractivity contribution is -0.140. The number of alkyl carbamates (subject to hydrolysis) is 2. The summed E-state index contributed by atoms with van der Waals surface area (Å²) in [4.78, 5) is 79.5. The molecule has 5 amide bonds. The highest BCUT2D eigenvalue weighted by Crippen LogP contribution is 2.45. The third-order valence-electron chi connectivity index (χ3n) is 14.0. The molecule has 1 aliphatic carbocycles. The maximum atomic E-state index is 13.7. The Morgan fingerprint density at radius 2 is 1.37 bits per heavy atom. The molecule has 7 rings (SSSR count). The van der Waals surface area contributed by atoms with E-state index >= 15 is 0 Å². The molecule has 3 fully saturated rings. The highest BCUT2D eigenvalue weighted by Gasteiger charge is 2.42. The Morgan fingerprint density at radius 3 is 1.96 bits per heavy atom. The largest absolute Gasteiger partial charge is 0.453 e. The second-order valence-corrected chi connectivity index (χ2v) is 20.2. The maximum Gasteiger partial charge on any atom is 0.407 e. The second kappa shape index (κ2) is 20.8. The number of nitrogens with zero attached hydrogens (tertiary/aromatic N) is 4. The van der Waals surface area contributed by atoms with Crippen LogP contribution < -0.4 is 20.9 Å². The number of methoxy groups -OCH3 is 2. The molecule has 4 aliphatic rings. The third kappa shape index (κ3) is 10.9. The van der Waals surface area contributed by atoms with Gasteiger partial charge in [0.15, 0.2) is 0 Å². The number of carbonyl (C=O) groups is 5. The van der Waals surface area contributed by atoms with Crippen LogP contribution in [-0.2, 0) is 29.3 Å². The van der Waals surface area contributed by atoms with Gasteiger partial charge in [0.25, 0.3) is 0 Å². The minimum atomic E-state index is -0.794. The van der Waals surface area contributed by atoms with E-state index in [2.05, 4.69) is 107 Å². The number of allylic oxidation sites excluding steroid dienone is 2. The topological polar surface area (TPSA) is 178 Å². The van der Waals surface area contributed by atoms with Gasteiger partial charge in [0.1, 0.15) is 23.9 Å². The molecule has 15 nitrogen and oxygen atoms in total. The van der Waals surface area contributed by atoms with Crippen molar-refractivity contribution in [2.75, 3.05) is 32.2 Å². The molecule has 0 bridgehead atoms. The van der Waals surface area contributed by atoms with E-state index < -0.39 is 30.3 Å². The van der Waals surface area contributed by atoms with Crippen molar-refractivity contribution in [3.63, 3.8) is 0 Å². The molecule has 0 saturated carbocycles. The molecule has 3 aromatic rings. The molecule has 15 heteroatoms. The van der Waals surface area contributed by atoms with Crippen molar-refractivity contribution in [2.45, 2.75) is 135 Å². The van der Waals surface area contributed by atoms with Crippen LogP contribution in [0.3, 0.4) is 0 Å². The van der Waals surface area contributed by atoms with Crippen molar-refractivity contribution in [2.24, 2.45) is 17.8 Å². The molecule has 4 heterocycles. The summed E-state index contributed by atoms with van der Waals surface area (Å²) in [7, 11) is 2.56. The summed E-state index contributed by atoms with van der Waals surface area (Å²) in [5.74, 6) is -0.0182. The van der Waals surface area contributed by atoms with Gasteiger partial charge in [0, 0.05) is 36.4 Å². The smallest absolute Gasteiger partial charge is 0.407 e. The number of carbonyl (C=O) groups excluding carboxylic acids is 5. The molecule has 360 valence electrons. The first-order chi connectivity index (χ1) is 32.0. The Kier molecular flexibility index (Phi) is 15.2. The zero-order valence-electron chi connectivity index (χ0n) is 40.6. The minimum Gasteiger partial charge on any atom is -0.453 e. The number of hydrogen-bond donors (Lipinski definition) is 4. The average Bonchev–Trinajstić information content (AvgIpc) is 4.16. The summed E-state index contributed by atoms with van der Waals surface area (Å²) in [6.07, 6.45) is 12.4. The SMILES string of the molecule is COC(=O)N[C@H](C(=O)N1CCC[C@H]1C(=O)NC1=CCC([C@H]2CC[C@H](c3ccc(-c4cnc([C@@H]5CCCN5C(=O)[C@@H](NC(=O)OC)C(C)C)[nH]4)cc3)N2c2ccc(C(C)(C)C)cc2)C=C1)C(C)C. The van der Waals surface area contributed by atoms with E-state index in [1.165, 1.54) is 31.0 Å². The summed E-state index contributed by atoms with van der Waals surface area (Å²) < 4.78 is 9.56. The Morgan fingerprint density at radius 1 is 0.761 bits per heavy atom. The summed E-state index contributed by atoms with van der Waals surface area (Å²) in [5.41, 5.74) is 6.28. The van der Waals surface area contributed by atoms with Crippen molar-refractivity contribution in [3.8, 4) is 11.3 Å².